The SMILES string of the molecule is Cc1ccn2nc(C(C)Nc3ncnc(N)c3C#N)nc(N3CC(C)N(Cc4ccc(OCCN(C)C)cc4)C(C)C3)c12. The number of anilines is 3. The van der Waals surface area contributed by atoms with E-state index in [-0.39, 0.29) is 17.4 Å². The highest BCUT2D eigenvalue weighted by Gasteiger charge is 2.32. The summed E-state index contributed by atoms with van der Waals surface area (Å²) in [5.41, 5.74) is 9.49. The third-order valence-electron chi connectivity index (χ3n) is 7.94. The standard InChI is InChI=1S/C31H41N11O/c1-20-11-12-42-27(20)31(37-29(38-42)23(4)36-30-26(15-32)28(33)34-19-35-30)40-16-21(2)41(22(3)17-40)18-24-7-9-25(10-8-24)43-14-13-39(5)6/h7-12,19,21-23H,13-14,16-18H2,1-6H3,(H3,33,34,35,36). The number of nitrogens with zero attached hydrogens (tertiary/aromatic N) is 9. The molecule has 43 heavy (non-hydrogen) atoms. The number of nitrogens with two attached hydrogens (primary N) is 1. The Morgan fingerprint density at radius 1 is 1.14 bits per heavy atom. The monoisotopic (exact) mass is 583 g/mol. The third-order valence-corrected chi connectivity index (χ3v) is 7.94. The Hall–Kier alpha value is -4.47. The van der Waals surface area contributed by atoms with Gasteiger partial charge < -0.3 is 25.6 Å². The van der Waals surface area contributed by atoms with Gasteiger partial charge in [-0.1, -0.05) is 12.1 Å². The van der Waals surface area contributed by atoms with Crippen molar-refractivity contribution in [2.45, 2.75) is 52.4 Å². The second kappa shape index (κ2) is 12.8. The zero-order valence-electron chi connectivity index (χ0n) is 25.8. The van der Waals surface area contributed by atoms with Gasteiger partial charge in [-0.15, -0.1) is 0 Å². The number of ether oxygens (including phenoxy) is 1. The van der Waals surface area contributed by atoms with E-state index in [1.54, 1.807) is 0 Å². The van der Waals surface area contributed by atoms with Gasteiger partial charge in [-0.2, -0.15) is 10.4 Å². The van der Waals surface area contributed by atoms with Gasteiger partial charge in [-0.25, -0.2) is 19.5 Å². The third kappa shape index (κ3) is 6.63. The van der Waals surface area contributed by atoms with Gasteiger partial charge in [0.1, 0.15) is 47.5 Å². The molecule has 3 atom stereocenters. The van der Waals surface area contributed by atoms with Gasteiger partial charge in [0.05, 0.1) is 6.04 Å². The van der Waals surface area contributed by atoms with Crippen molar-refractivity contribution in [1.82, 2.24) is 34.4 Å². The van der Waals surface area contributed by atoms with E-state index in [0.29, 0.717) is 30.3 Å². The number of nitrogen functional groups attached to an aromatic ring is 1. The van der Waals surface area contributed by atoms with E-state index < -0.39 is 0 Å². The van der Waals surface area contributed by atoms with Gasteiger partial charge in [0, 0.05) is 44.5 Å². The smallest absolute Gasteiger partial charge is 0.173 e. The number of hydrogen-bond donors (Lipinski definition) is 2. The lowest BCUT2D eigenvalue weighted by Crippen LogP contribution is -2.56. The van der Waals surface area contributed by atoms with Crippen molar-refractivity contribution in [1.29, 1.82) is 5.26 Å². The van der Waals surface area contributed by atoms with Gasteiger partial charge >= 0.3 is 0 Å². The Bertz CT molecular complexity index is 1580. The number of hydrogen-bond acceptors (Lipinski definition) is 11. The van der Waals surface area contributed by atoms with Crippen LogP contribution in [-0.2, 0) is 6.54 Å². The number of piperazine rings is 1. The molecule has 226 valence electrons. The van der Waals surface area contributed by atoms with E-state index in [9.17, 15) is 5.26 Å². The van der Waals surface area contributed by atoms with Gasteiger partial charge in [0.15, 0.2) is 11.6 Å². The second-order valence-corrected chi connectivity index (χ2v) is 11.6. The van der Waals surface area contributed by atoms with E-state index in [4.69, 9.17) is 20.6 Å². The van der Waals surface area contributed by atoms with Crippen LogP contribution in [0.5, 0.6) is 5.75 Å². The molecule has 5 rings (SSSR count). The average Bonchev–Trinajstić information content (AvgIpc) is 3.35. The fourth-order valence-electron chi connectivity index (χ4n) is 5.55. The molecular weight excluding hydrogens is 542 g/mol. The summed E-state index contributed by atoms with van der Waals surface area (Å²) < 4.78 is 7.77. The lowest BCUT2D eigenvalue weighted by molar-refractivity contribution is 0.123. The molecule has 1 fully saturated rings. The number of rotatable bonds is 10. The Balaban J connectivity index is 1.33. The first-order valence-corrected chi connectivity index (χ1v) is 14.6. The zero-order chi connectivity index (χ0) is 30.7. The van der Waals surface area contributed by atoms with Crippen molar-refractivity contribution >= 4 is 23.0 Å². The van der Waals surface area contributed by atoms with Crippen molar-refractivity contribution in [2.24, 2.45) is 0 Å². The number of benzene rings is 1. The molecule has 0 saturated carbocycles. The first kappa shape index (κ1) is 30.0. The van der Waals surface area contributed by atoms with Crippen LogP contribution in [0.2, 0.25) is 0 Å². The molecule has 12 heteroatoms. The zero-order valence-corrected chi connectivity index (χ0v) is 25.8. The Morgan fingerprint density at radius 3 is 2.53 bits per heavy atom. The van der Waals surface area contributed by atoms with Crippen LogP contribution in [0.25, 0.3) is 5.52 Å². The Labute approximate surface area is 253 Å². The molecule has 0 aliphatic carbocycles. The van der Waals surface area contributed by atoms with E-state index in [0.717, 1.165) is 48.8 Å². The van der Waals surface area contributed by atoms with Crippen LogP contribution >= 0.6 is 0 Å². The molecule has 3 unspecified atom stereocenters. The second-order valence-electron chi connectivity index (χ2n) is 11.6. The highest BCUT2D eigenvalue weighted by Crippen LogP contribution is 2.30. The minimum Gasteiger partial charge on any atom is -0.492 e. The van der Waals surface area contributed by atoms with Crippen molar-refractivity contribution in [3.05, 3.63) is 65.4 Å². The summed E-state index contributed by atoms with van der Waals surface area (Å²) >= 11 is 0. The summed E-state index contributed by atoms with van der Waals surface area (Å²) in [5.74, 6) is 2.89. The molecule has 0 radical (unpaired) electrons. The molecule has 4 aromatic rings. The first-order valence-electron chi connectivity index (χ1n) is 14.6. The van der Waals surface area contributed by atoms with Gasteiger partial charge in [0.2, 0.25) is 0 Å². The summed E-state index contributed by atoms with van der Waals surface area (Å²) in [6.07, 6.45) is 3.30. The topological polar surface area (TPSA) is 137 Å². The fourth-order valence-corrected chi connectivity index (χ4v) is 5.55. The van der Waals surface area contributed by atoms with Crippen LogP contribution in [0.3, 0.4) is 0 Å². The normalized spacial score (nSPS) is 18.1. The molecule has 0 spiro atoms. The average molecular weight is 584 g/mol. The van der Waals surface area contributed by atoms with Gasteiger partial charge in [-0.3, -0.25) is 4.90 Å². The number of aromatic nitrogens is 5. The van der Waals surface area contributed by atoms with Crippen molar-refractivity contribution in [2.75, 3.05) is 56.3 Å². The van der Waals surface area contributed by atoms with E-state index in [1.165, 1.54) is 11.9 Å². The van der Waals surface area contributed by atoms with Crippen LogP contribution in [-0.4, -0.2) is 86.8 Å². The number of fused-ring (bicyclic) bond motifs is 1. The van der Waals surface area contributed by atoms with Crippen molar-refractivity contribution < 1.29 is 4.74 Å². The molecular formula is C31H41N11O. The number of likely N-dealkylation sites (N-methyl/N-ethyl adjacent to an activating group) is 1. The van der Waals surface area contributed by atoms with Crippen molar-refractivity contribution in [3.8, 4) is 11.8 Å². The van der Waals surface area contributed by atoms with Gasteiger partial charge in [0.25, 0.3) is 0 Å². The quantitative estimate of drug-likeness (QED) is 0.284. The maximum absolute atomic E-state index is 9.56. The van der Waals surface area contributed by atoms with E-state index >= 15 is 0 Å². The lowest BCUT2D eigenvalue weighted by Gasteiger charge is -2.45. The van der Waals surface area contributed by atoms with Crippen LogP contribution in [0.4, 0.5) is 17.5 Å². The highest BCUT2D eigenvalue weighted by molar-refractivity contribution is 5.73. The number of nitriles is 1. The van der Waals surface area contributed by atoms with Crippen LogP contribution < -0.4 is 20.7 Å². The predicted molar refractivity (Wildman–Crippen MR) is 168 cm³/mol. The molecule has 0 amide bonds. The minimum atomic E-state index is -0.335. The van der Waals surface area contributed by atoms with Crippen LogP contribution in [0, 0.1) is 18.3 Å². The molecule has 1 aliphatic heterocycles. The Kier molecular flexibility index (Phi) is 8.94. The maximum Gasteiger partial charge on any atom is 0.173 e. The highest BCUT2D eigenvalue weighted by atomic mass is 16.5. The molecule has 1 aliphatic rings. The number of nitrogens with one attached hydrogen (secondary N) is 1. The summed E-state index contributed by atoms with van der Waals surface area (Å²) in [6.45, 7) is 12.7. The lowest BCUT2D eigenvalue weighted by atomic mass is 10.1. The molecule has 3 N–H and O–H groups in total. The fraction of sp³-hybridized carbons (Fsp3) is 0.452. The summed E-state index contributed by atoms with van der Waals surface area (Å²) in [4.78, 5) is 20.3. The van der Waals surface area contributed by atoms with E-state index in [2.05, 4.69) is 87.2 Å². The largest absolute Gasteiger partial charge is 0.492 e. The molecule has 12 nitrogen and oxygen atoms in total. The maximum atomic E-state index is 9.56. The minimum absolute atomic E-state index is 0.135. The molecule has 3 aromatic heterocycles. The summed E-state index contributed by atoms with van der Waals surface area (Å²) in [6, 6.07) is 12.9. The first-order chi connectivity index (χ1) is 20.6. The molecule has 1 saturated heterocycles. The van der Waals surface area contributed by atoms with Crippen LogP contribution in [0.15, 0.2) is 42.9 Å². The summed E-state index contributed by atoms with van der Waals surface area (Å²) in [5, 5.41) is 17.6. The van der Waals surface area contributed by atoms with E-state index in [1.807, 2.05) is 31.7 Å². The predicted octanol–water partition coefficient (Wildman–Crippen LogP) is 3.49. The Morgan fingerprint density at radius 2 is 1.86 bits per heavy atom. The molecule has 1 aromatic carbocycles. The summed E-state index contributed by atoms with van der Waals surface area (Å²) in [7, 11) is 4.09. The molecule has 4 heterocycles. The van der Waals surface area contributed by atoms with Crippen LogP contribution in [0.1, 0.15) is 49.3 Å². The number of aryl methyl sites for hydroxylation is 1. The van der Waals surface area contributed by atoms with Gasteiger partial charge in [-0.05, 0) is 71.1 Å². The van der Waals surface area contributed by atoms with Crippen molar-refractivity contribution in [3.63, 3.8) is 0 Å². The molecule has 0 bridgehead atoms.